The largest absolute Gasteiger partial charge is 0.494 e. The van der Waals surface area contributed by atoms with E-state index in [0.717, 1.165) is 47.8 Å². The number of hydrogen-bond donors (Lipinski definition) is 1. The number of nitrogens with one attached hydrogen (secondary N) is 1. The Balaban J connectivity index is 1.61. The number of fused-ring (bicyclic) bond motifs is 1. The third-order valence-corrected chi connectivity index (χ3v) is 4.05. The summed E-state index contributed by atoms with van der Waals surface area (Å²) in [6, 6.07) is 10.0. The Morgan fingerprint density at radius 2 is 2.08 bits per heavy atom. The molecule has 0 aliphatic carbocycles. The van der Waals surface area contributed by atoms with E-state index in [0.29, 0.717) is 5.92 Å². The molecule has 2 heterocycles. The van der Waals surface area contributed by atoms with Gasteiger partial charge in [0, 0.05) is 36.8 Å². The predicted octanol–water partition coefficient (Wildman–Crippen LogP) is 4.07. The van der Waals surface area contributed by atoms with Gasteiger partial charge in [0.15, 0.2) is 0 Å². The smallest absolute Gasteiger partial charge is 0.145 e. The quantitative estimate of drug-likeness (QED) is 0.666. The highest BCUT2D eigenvalue weighted by atomic mass is 16.5. The zero-order valence-corrected chi connectivity index (χ0v) is 14.5. The van der Waals surface area contributed by atoms with E-state index < -0.39 is 0 Å². The van der Waals surface area contributed by atoms with Crippen molar-refractivity contribution in [2.45, 2.75) is 32.7 Å². The van der Waals surface area contributed by atoms with Crippen LogP contribution in [0.4, 0.5) is 5.82 Å². The molecule has 24 heavy (non-hydrogen) atoms. The van der Waals surface area contributed by atoms with E-state index in [1.54, 1.807) is 7.11 Å². The molecule has 3 aromatic rings. The number of pyridine rings is 1. The number of nitrogens with zero attached hydrogens (tertiary/aromatic N) is 3. The lowest BCUT2D eigenvalue weighted by atomic mass is 10.2. The maximum Gasteiger partial charge on any atom is 0.145 e. The van der Waals surface area contributed by atoms with Crippen molar-refractivity contribution in [3.05, 3.63) is 48.5 Å². The third-order valence-electron chi connectivity index (χ3n) is 4.05. The number of ether oxygens (including phenoxy) is 1. The molecular weight excluding hydrogens is 300 g/mol. The van der Waals surface area contributed by atoms with E-state index in [9.17, 15) is 0 Å². The molecule has 0 saturated heterocycles. The summed E-state index contributed by atoms with van der Waals surface area (Å²) in [5, 5.41) is 4.48. The minimum atomic E-state index is 0.447. The third kappa shape index (κ3) is 3.50. The number of aryl methyl sites for hydroxylation is 1. The number of aromatic nitrogens is 3. The molecule has 1 aromatic carbocycles. The molecule has 126 valence electrons. The highest BCUT2D eigenvalue weighted by Gasteiger charge is 2.07. The summed E-state index contributed by atoms with van der Waals surface area (Å²) >= 11 is 0. The van der Waals surface area contributed by atoms with Gasteiger partial charge in [-0.2, -0.15) is 0 Å². The first-order valence-corrected chi connectivity index (χ1v) is 8.37. The van der Waals surface area contributed by atoms with E-state index in [1.165, 1.54) is 0 Å². The Bertz CT molecular complexity index is 810. The molecule has 1 N–H and O–H groups in total. The summed E-state index contributed by atoms with van der Waals surface area (Å²) in [6.45, 7) is 6.16. The van der Waals surface area contributed by atoms with Gasteiger partial charge in [-0.05, 0) is 24.6 Å². The topological polar surface area (TPSA) is 52.0 Å². The molecule has 3 rings (SSSR count). The first-order chi connectivity index (χ1) is 11.7. The van der Waals surface area contributed by atoms with E-state index in [-0.39, 0.29) is 0 Å². The summed E-state index contributed by atoms with van der Waals surface area (Å²) < 4.78 is 7.62. The van der Waals surface area contributed by atoms with E-state index in [4.69, 9.17) is 4.74 Å². The standard InChI is InChI=1S/C19H24N4O/c1-14(2)19-21-11-13-23(19)12-5-10-20-17-9-8-15-6-4-7-16(24-3)18(15)22-17/h4,6-9,11,13-14H,5,10,12H2,1-3H3,(H,20,22). The van der Waals surface area contributed by atoms with Crippen LogP contribution in [-0.2, 0) is 6.54 Å². The van der Waals surface area contributed by atoms with Crippen molar-refractivity contribution in [1.29, 1.82) is 0 Å². The Morgan fingerprint density at radius 3 is 2.88 bits per heavy atom. The molecule has 0 atom stereocenters. The number of benzene rings is 1. The van der Waals surface area contributed by atoms with E-state index in [2.05, 4.69) is 46.0 Å². The molecule has 0 amide bonds. The van der Waals surface area contributed by atoms with Gasteiger partial charge in [0.05, 0.1) is 7.11 Å². The summed E-state index contributed by atoms with van der Waals surface area (Å²) in [7, 11) is 1.67. The minimum Gasteiger partial charge on any atom is -0.494 e. The molecule has 0 saturated carbocycles. The summed E-state index contributed by atoms with van der Waals surface area (Å²) in [6.07, 6.45) is 4.94. The van der Waals surface area contributed by atoms with Crippen molar-refractivity contribution in [3.8, 4) is 5.75 Å². The van der Waals surface area contributed by atoms with Crippen LogP contribution in [0, 0.1) is 0 Å². The fourth-order valence-electron chi connectivity index (χ4n) is 2.86. The van der Waals surface area contributed by atoms with Crippen LogP contribution >= 0.6 is 0 Å². The summed E-state index contributed by atoms with van der Waals surface area (Å²) in [5.74, 6) is 3.27. The first-order valence-electron chi connectivity index (χ1n) is 8.37. The van der Waals surface area contributed by atoms with Crippen LogP contribution < -0.4 is 10.1 Å². The molecule has 5 heteroatoms. The fraction of sp³-hybridized carbons (Fsp3) is 0.368. The Morgan fingerprint density at radius 1 is 1.21 bits per heavy atom. The van der Waals surface area contributed by atoms with Crippen LogP contribution in [0.3, 0.4) is 0 Å². The molecule has 0 radical (unpaired) electrons. The van der Waals surface area contributed by atoms with E-state index >= 15 is 0 Å². The summed E-state index contributed by atoms with van der Waals surface area (Å²) in [4.78, 5) is 9.09. The van der Waals surface area contributed by atoms with Gasteiger partial charge in [-0.15, -0.1) is 0 Å². The zero-order valence-electron chi connectivity index (χ0n) is 14.5. The number of hydrogen-bond acceptors (Lipinski definition) is 4. The second-order valence-electron chi connectivity index (χ2n) is 6.14. The summed E-state index contributed by atoms with van der Waals surface area (Å²) in [5.41, 5.74) is 0.890. The van der Waals surface area contributed by atoms with Gasteiger partial charge in [0.2, 0.25) is 0 Å². The van der Waals surface area contributed by atoms with Crippen molar-refractivity contribution in [2.24, 2.45) is 0 Å². The highest BCUT2D eigenvalue weighted by molar-refractivity contribution is 5.85. The number of para-hydroxylation sites is 1. The Labute approximate surface area is 142 Å². The molecule has 0 aliphatic rings. The van der Waals surface area contributed by atoms with Crippen LogP contribution in [-0.4, -0.2) is 28.2 Å². The lowest BCUT2D eigenvalue weighted by molar-refractivity contribution is 0.419. The maximum absolute atomic E-state index is 5.39. The van der Waals surface area contributed by atoms with Crippen LogP contribution in [0.15, 0.2) is 42.7 Å². The van der Waals surface area contributed by atoms with Gasteiger partial charge in [0.25, 0.3) is 0 Å². The first kappa shape index (κ1) is 16.3. The van der Waals surface area contributed by atoms with Crippen molar-refractivity contribution in [1.82, 2.24) is 14.5 Å². The van der Waals surface area contributed by atoms with Gasteiger partial charge >= 0.3 is 0 Å². The van der Waals surface area contributed by atoms with Gasteiger partial charge in [-0.1, -0.05) is 26.0 Å². The molecular formula is C19H24N4O. The van der Waals surface area contributed by atoms with Gasteiger partial charge in [0.1, 0.15) is 22.9 Å². The molecule has 2 aromatic heterocycles. The average molecular weight is 324 g/mol. The predicted molar refractivity (Wildman–Crippen MR) is 97.7 cm³/mol. The second kappa shape index (κ2) is 7.34. The number of imidazole rings is 1. The van der Waals surface area contributed by atoms with Crippen LogP contribution in [0.2, 0.25) is 0 Å². The maximum atomic E-state index is 5.39. The molecule has 0 aliphatic heterocycles. The van der Waals surface area contributed by atoms with Crippen LogP contribution in [0.25, 0.3) is 10.9 Å². The van der Waals surface area contributed by atoms with Crippen molar-refractivity contribution in [3.63, 3.8) is 0 Å². The van der Waals surface area contributed by atoms with Crippen molar-refractivity contribution < 1.29 is 4.74 Å². The van der Waals surface area contributed by atoms with Gasteiger partial charge < -0.3 is 14.6 Å². The normalized spacial score (nSPS) is 11.2. The lowest BCUT2D eigenvalue weighted by Gasteiger charge is -2.11. The second-order valence-corrected chi connectivity index (χ2v) is 6.14. The SMILES string of the molecule is COc1cccc2ccc(NCCCn3ccnc3C(C)C)nc12. The fourth-order valence-corrected chi connectivity index (χ4v) is 2.86. The van der Waals surface area contributed by atoms with Gasteiger partial charge in [-0.25, -0.2) is 9.97 Å². The number of rotatable bonds is 7. The molecule has 0 spiro atoms. The zero-order chi connectivity index (χ0) is 16.9. The molecule has 0 unspecified atom stereocenters. The molecule has 0 bridgehead atoms. The minimum absolute atomic E-state index is 0.447. The van der Waals surface area contributed by atoms with Crippen LogP contribution in [0.1, 0.15) is 32.0 Å². The van der Waals surface area contributed by atoms with Crippen molar-refractivity contribution >= 4 is 16.7 Å². The Hall–Kier alpha value is -2.56. The molecule has 0 fully saturated rings. The number of methoxy groups -OCH3 is 1. The average Bonchev–Trinajstić information content (AvgIpc) is 3.07. The Kier molecular flexibility index (Phi) is 4.99. The van der Waals surface area contributed by atoms with Crippen molar-refractivity contribution in [2.75, 3.05) is 19.0 Å². The molecule has 5 nitrogen and oxygen atoms in total. The monoisotopic (exact) mass is 324 g/mol. The van der Waals surface area contributed by atoms with Gasteiger partial charge in [-0.3, -0.25) is 0 Å². The lowest BCUT2D eigenvalue weighted by Crippen LogP contribution is -2.10. The van der Waals surface area contributed by atoms with Crippen LogP contribution in [0.5, 0.6) is 5.75 Å². The highest BCUT2D eigenvalue weighted by Crippen LogP contribution is 2.24. The van der Waals surface area contributed by atoms with E-state index in [1.807, 2.05) is 30.5 Å². The number of anilines is 1.